The lowest BCUT2D eigenvalue weighted by atomic mass is 10.1. The third kappa shape index (κ3) is 3.26. The molecule has 1 aromatic rings. The molecule has 1 atom stereocenters. The highest BCUT2D eigenvalue weighted by Gasteiger charge is 2.25. The number of methoxy groups -OCH3 is 1. The minimum Gasteiger partial charge on any atom is -0.465 e. The highest BCUT2D eigenvalue weighted by molar-refractivity contribution is 7.93. The summed E-state index contributed by atoms with van der Waals surface area (Å²) in [6.45, 7) is 1.91. The molecular weight excluding hydrogens is 300 g/mol. The van der Waals surface area contributed by atoms with E-state index < -0.39 is 21.2 Å². The fourth-order valence-electron chi connectivity index (χ4n) is 1.65. The van der Waals surface area contributed by atoms with Crippen molar-refractivity contribution in [1.82, 2.24) is 4.98 Å². The van der Waals surface area contributed by atoms with E-state index in [1.165, 1.54) is 13.3 Å². The van der Waals surface area contributed by atoms with Crippen molar-refractivity contribution in [3.63, 3.8) is 0 Å². The number of hydrogen-bond acceptors (Lipinski definition) is 6. The number of carbonyl (C=O) groups excluding carboxylic acids is 1. The third-order valence-electron chi connectivity index (χ3n) is 2.77. The van der Waals surface area contributed by atoms with Crippen LogP contribution in [-0.4, -0.2) is 31.7 Å². The Labute approximate surface area is 121 Å². The first kappa shape index (κ1) is 14.7. The van der Waals surface area contributed by atoms with Gasteiger partial charge in [0.05, 0.1) is 13.3 Å². The van der Waals surface area contributed by atoms with Crippen LogP contribution in [-0.2, 0) is 14.8 Å². The molecule has 1 heterocycles. The monoisotopic (exact) mass is 314 g/mol. The molecule has 2 rings (SSSR count). The Kier molecular flexibility index (Phi) is 4.24. The summed E-state index contributed by atoms with van der Waals surface area (Å²) < 4.78 is 31.3. The number of carbonyl (C=O) groups is 1. The predicted molar refractivity (Wildman–Crippen MR) is 77.3 cm³/mol. The van der Waals surface area contributed by atoms with Crippen molar-refractivity contribution in [2.24, 2.45) is 0 Å². The molecule has 1 aliphatic rings. The van der Waals surface area contributed by atoms with Crippen LogP contribution in [0.5, 0.6) is 0 Å². The molecule has 8 heteroatoms. The van der Waals surface area contributed by atoms with Gasteiger partial charge in [0.2, 0.25) is 10.0 Å². The summed E-state index contributed by atoms with van der Waals surface area (Å²) in [6.07, 6.45) is 7.00. The number of sulfonamides is 1. The van der Waals surface area contributed by atoms with Crippen molar-refractivity contribution in [2.75, 3.05) is 11.8 Å². The predicted octanol–water partition coefficient (Wildman–Crippen LogP) is 1.95. The number of rotatable bonds is 4. The SMILES string of the molecule is COC(=O)c1cnc(NS(=O)(=O)C2C=CC(C)=CC2)s1. The summed E-state index contributed by atoms with van der Waals surface area (Å²) >= 11 is 0.942. The smallest absolute Gasteiger partial charge is 0.349 e. The average Bonchev–Trinajstić information content (AvgIpc) is 2.86. The van der Waals surface area contributed by atoms with E-state index >= 15 is 0 Å². The summed E-state index contributed by atoms with van der Waals surface area (Å²) in [5, 5.41) is -0.471. The lowest BCUT2D eigenvalue weighted by molar-refractivity contribution is 0.0606. The van der Waals surface area contributed by atoms with Crippen molar-refractivity contribution < 1.29 is 17.9 Å². The van der Waals surface area contributed by atoms with Crippen LogP contribution in [0.15, 0.2) is 30.0 Å². The van der Waals surface area contributed by atoms with Crippen molar-refractivity contribution in [1.29, 1.82) is 0 Å². The van der Waals surface area contributed by atoms with Crippen molar-refractivity contribution in [3.8, 4) is 0 Å². The molecule has 1 aliphatic carbocycles. The first-order valence-electron chi connectivity index (χ1n) is 5.83. The fourth-order valence-corrected chi connectivity index (χ4v) is 3.83. The van der Waals surface area contributed by atoms with Gasteiger partial charge in [-0.3, -0.25) is 4.72 Å². The molecule has 0 spiro atoms. The van der Waals surface area contributed by atoms with Crippen LogP contribution >= 0.6 is 11.3 Å². The molecule has 1 unspecified atom stereocenters. The van der Waals surface area contributed by atoms with Gasteiger partial charge in [0.1, 0.15) is 10.1 Å². The highest BCUT2D eigenvalue weighted by Crippen LogP contribution is 2.23. The Morgan fingerprint density at radius 3 is 2.90 bits per heavy atom. The summed E-state index contributed by atoms with van der Waals surface area (Å²) in [7, 11) is -2.31. The van der Waals surface area contributed by atoms with E-state index in [-0.39, 0.29) is 10.0 Å². The Hall–Kier alpha value is -1.67. The number of nitrogens with one attached hydrogen (secondary N) is 1. The standard InChI is InChI=1S/C12H14N2O4S2/c1-8-3-5-9(6-4-8)20(16,17)14-12-13-7-10(19-12)11(15)18-2/h3-5,7,9H,6H2,1-2H3,(H,13,14). The molecule has 0 radical (unpaired) electrons. The van der Waals surface area contributed by atoms with Gasteiger partial charge in [-0.1, -0.05) is 35.1 Å². The quantitative estimate of drug-likeness (QED) is 0.859. The van der Waals surface area contributed by atoms with Crippen LogP contribution in [0.2, 0.25) is 0 Å². The maximum absolute atomic E-state index is 12.2. The van der Waals surface area contributed by atoms with Gasteiger partial charge in [-0.15, -0.1) is 0 Å². The molecule has 0 aliphatic heterocycles. The number of nitrogens with zero attached hydrogens (tertiary/aromatic N) is 1. The second-order valence-corrected chi connectivity index (χ2v) is 7.18. The van der Waals surface area contributed by atoms with Crippen molar-refractivity contribution in [3.05, 3.63) is 34.9 Å². The highest BCUT2D eigenvalue weighted by atomic mass is 32.2. The zero-order chi connectivity index (χ0) is 14.8. The van der Waals surface area contributed by atoms with Crippen LogP contribution in [0.4, 0.5) is 5.13 Å². The third-order valence-corrected chi connectivity index (χ3v) is 5.41. The van der Waals surface area contributed by atoms with Crippen LogP contribution < -0.4 is 4.72 Å². The van der Waals surface area contributed by atoms with Crippen LogP contribution in [0.25, 0.3) is 0 Å². The maximum Gasteiger partial charge on any atom is 0.349 e. The first-order chi connectivity index (χ1) is 9.42. The lowest BCUT2D eigenvalue weighted by Crippen LogP contribution is -2.26. The van der Waals surface area contributed by atoms with Gasteiger partial charge in [-0.2, -0.15) is 0 Å². The number of ether oxygens (including phenoxy) is 1. The molecule has 20 heavy (non-hydrogen) atoms. The fraction of sp³-hybridized carbons (Fsp3) is 0.333. The molecule has 0 amide bonds. The number of anilines is 1. The van der Waals surface area contributed by atoms with Gasteiger partial charge in [0, 0.05) is 0 Å². The summed E-state index contributed by atoms with van der Waals surface area (Å²) in [5.74, 6) is -0.538. The van der Waals surface area contributed by atoms with E-state index in [1.807, 2.05) is 13.0 Å². The zero-order valence-electron chi connectivity index (χ0n) is 11.0. The number of thiazole rings is 1. The topological polar surface area (TPSA) is 85.4 Å². The van der Waals surface area contributed by atoms with Crippen molar-refractivity contribution in [2.45, 2.75) is 18.6 Å². The zero-order valence-corrected chi connectivity index (χ0v) is 12.6. The van der Waals surface area contributed by atoms with Crippen LogP contribution in [0.3, 0.4) is 0 Å². The average molecular weight is 314 g/mol. The number of aromatic nitrogens is 1. The Morgan fingerprint density at radius 1 is 1.55 bits per heavy atom. The van der Waals surface area contributed by atoms with E-state index in [0.29, 0.717) is 6.42 Å². The molecular formula is C12H14N2O4S2. The Balaban J connectivity index is 2.11. The Morgan fingerprint density at radius 2 is 2.30 bits per heavy atom. The molecule has 0 bridgehead atoms. The molecule has 0 fully saturated rings. The molecule has 0 saturated heterocycles. The van der Waals surface area contributed by atoms with E-state index in [2.05, 4.69) is 14.4 Å². The number of allylic oxidation sites excluding steroid dienone is 3. The van der Waals surface area contributed by atoms with E-state index in [4.69, 9.17) is 0 Å². The van der Waals surface area contributed by atoms with Gasteiger partial charge in [0.15, 0.2) is 5.13 Å². The van der Waals surface area contributed by atoms with E-state index in [9.17, 15) is 13.2 Å². The molecule has 1 N–H and O–H groups in total. The van der Waals surface area contributed by atoms with Gasteiger partial charge in [-0.25, -0.2) is 18.2 Å². The minimum atomic E-state index is -3.56. The van der Waals surface area contributed by atoms with Crippen LogP contribution in [0, 0.1) is 0 Å². The van der Waals surface area contributed by atoms with Crippen LogP contribution in [0.1, 0.15) is 23.0 Å². The van der Waals surface area contributed by atoms with Gasteiger partial charge >= 0.3 is 5.97 Å². The molecule has 6 nitrogen and oxygen atoms in total. The summed E-state index contributed by atoms with van der Waals surface area (Å²) in [4.78, 5) is 15.4. The minimum absolute atomic E-state index is 0.157. The van der Waals surface area contributed by atoms with Gasteiger partial charge in [0.25, 0.3) is 0 Å². The van der Waals surface area contributed by atoms with E-state index in [1.54, 1.807) is 12.2 Å². The second-order valence-electron chi connectivity index (χ2n) is 4.25. The molecule has 0 aromatic carbocycles. The lowest BCUT2D eigenvalue weighted by Gasteiger charge is -2.15. The summed E-state index contributed by atoms with van der Waals surface area (Å²) in [6, 6.07) is 0. The summed E-state index contributed by atoms with van der Waals surface area (Å²) in [5.41, 5.74) is 1.04. The molecule has 108 valence electrons. The number of hydrogen-bond donors (Lipinski definition) is 1. The number of esters is 1. The molecule has 1 aromatic heterocycles. The van der Waals surface area contributed by atoms with Crippen molar-refractivity contribution >= 4 is 32.5 Å². The molecule has 0 saturated carbocycles. The largest absolute Gasteiger partial charge is 0.465 e. The van der Waals surface area contributed by atoms with E-state index in [0.717, 1.165) is 16.9 Å². The van der Waals surface area contributed by atoms with Gasteiger partial charge in [-0.05, 0) is 13.3 Å². The second kappa shape index (κ2) is 5.76. The van der Waals surface area contributed by atoms with Gasteiger partial charge < -0.3 is 4.74 Å². The Bertz CT molecular complexity index is 673. The first-order valence-corrected chi connectivity index (χ1v) is 8.19. The normalized spacial score (nSPS) is 18.5. The maximum atomic E-state index is 12.2.